The molecule has 144 valence electrons. The summed E-state index contributed by atoms with van der Waals surface area (Å²) in [4.78, 5) is 31.8. The van der Waals surface area contributed by atoms with E-state index < -0.39 is 11.8 Å². The maximum Gasteiger partial charge on any atom is 0.337 e. The van der Waals surface area contributed by atoms with Crippen LogP contribution < -0.4 is 10.5 Å². The van der Waals surface area contributed by atoms with Gasteiger partial charge in [0.25, 0.3) is 5.56 Å². The van der Waals surface area contributed by atoms with Crippen molar-refractivity contribution in [1.29, 1.82) is 0 Å². The van der Waals surface area contributed by atoms with Crippen molar-refractivity contribution in [3.63, 3.8) is 0 Å². The van der Waals surface area contributed by atoms with E-state index in [1.165, 1.54) is 42.0 Å². The lowest BCUT2D eigenvalue weighted by Crippen LogP contribution is -2.30. The highest BCUT2D eigenvalue weighted by atomic mass is 35.5. The fourth-order valence-corrected chi connectivity index (χ4v) is 4.18. The van der Waals surface area contributed by atoms with E-state index in [2.05, 4.69) is 4.98 Å². The van der Waals surface area contributed by atoms with Crippen LogP contribution in [0.15, 0.2) is 41.2 Å². The highest BCUT2D eigenvalue weighted by Crippen LogP contribution is 2.27. The highest BCUT2D eigenvalue weighted by molar-refractivity contribution is 7.99. The second-order valence-corrected chi connectivity index (χ2v) is 7.66. The van der Waals surface area contributed by atoms with E-state index in [9.17, 15) is 14.0 Å². The summed E-state index contributed by atoms with van der Waals surface area (Å²) in [6, 6.07) is 8.72. The van der Waals surface area contributed by atoms with E-state index in [1.54, 1.807) is 17.8 Å². The minimum absolute atomic E-state index is 0.0766. The second-order valence-electron chi connectivity index (χ2n) is 6.18. The summed E-state index contributed by atoms with van der Waals surface area (Å²) in [5, 5.41) is 0.260. The molecule has 2 aromatic carbocycles. The number of anilines is 1. The Bertz CT molecular complexity index is 1150. The zero-order valence-electron chi connectivity index (χ0n) is 14.8. The number of rotatable bonds is 3. The molecule has 0 N–H and O–H groups in total. The van der Waals surface area contributed by atoms with Gasteiger partial charge in [-0.1, -0.05) is 11.6 Å². The summed E-state index contributed by atoms with van der Waals surface area (Å²) >= 11 is 7.66. The number of hydrogen-bond acceptors (Lipinski definition) is 6. The summed E-state index contributed by atoms with van der Waals surface area (Å²) in [6.45, 7) is 0.717. The molecule has 0 amide bonds. The molecule has 3 aromatic rings. The molecule has 0 spiro atoms. The van der Waals surface area contributed by atoms with Crippen LogP contribution >= 0.6 is 23.4 Å². The van der Waals surface area contributed by atoms with Crippen molar-refractivity contribution in [2.24, 2.45) is 0 Å². The van der Waals surface area contributed by atoms with Crippen LogP contribution in [0.25, 0.3) is 16.6 Å². The van der Waals surface area contributed by atoms with Crippen molar-refractivity contribution < 1.29 is 13.9 Å². The third-order valence-corrected chi connectivity index (χ3v) is 5.72. The standard InChI is InChI=1S/C19H15ClFN3O3S/c1-27-18(26)11-2-4-13-16(8-11)22-19(23-6-7-28-10-23)24(17(13)25)12-3-5-15(21)14(20)9-12/h2-5,8-9H,6-7,10H2,1H3. The van der Waals surface area contributed by atoms with Crippen LogP contribution in [0.3, 0.4) is 0 Å². The van der Waals surface area contributed by atoms with Gasteiger partial charge in [-0.05, 0) is 36.4 Å². The van der Waals surface area contributed by atoms with Gasteiger partial charge in [0, 0.05) is 12.3 Å². The predicted octanol–water partition coefficient (Wildman–Crippen LogP) is 3.48. The summed E-state index contributed by atoms with van der Waals surface area (Å²) in [5.74, 6) is 0.931. The normalized spacial score (nSPS) is 13.9. The maximum atomic E-state index is 13.6. The van der Waals surface area contributed by atoms with Gasteiger partial charge >= 0.3 is 5.97 Å². The van der Waals surface area contributed by atoms with E-state index in [0.717, 1.165) is 5.75 Å². The lowest BCUT2D eigenvalue weighted by molar-refractivity contribution is 0.0601. The first-order valence-corrected chi connectivity index (χ1v) is 9.96. The lowest BCUT2D eigenvalue weighted by atomic mass is 10.1. The number of carbonyl (C=O) groups is 1. The molecule has 1 aliphatic heterocycles. The average molecular weight is 420 g/mol. The van der Waals surface area contributed by atoms with E-state index in [-0.39, 0.29) is 10.6 Å². The third-order valence-electron chi connectivity index (χ3n) is 4.47. The molecule has 0 atom stereocenters. The van der Waals surface area contributed by atoms with E-state index in [0.29, 0.717) is 40.5 Å². The molecule has 0 aliphatic carbocycles. The Morgan fingerprint density at radius 1 is 1.29 bits per heavy atom. The van der Waals surface area contributed by atoms with Crippen LogP contribution in [0.5, 0.6) is 0 Å². The first kappa shape index (κ1) is 18.8. The largest absolute Gasteiger partial charge is 0.465 e. The highest BCUT2D eigenvalue weighted by Gasteiger charge is 2.22. The van der Waals surface area contributed by atoms with Gasteiger partial charge in [0.15, 0.2) is 0 Å². The number of esters is 1. The van der Waals surface area contributed by atoms with Gasteiger partial charge in [0.1, 0.15) is 5.82 Å². The number of methoxy groups -OCH3 is 1. The van der Waals surface area contributed by atoms with E-state index >= 15 is 0 Å². The molecule has 0 unspecified atom stereocenters. The Hall–Kier alpha value is -2.58. The minimum atomic E-state index is -0.562. The van der Waals surface area contributed by atoms with Crippen LogP contribution in [0, 0.1) is 5.82 Å². The number of carbonyl (C=O) groups excluding carboxylic acids is 1. The molecule has 2 heterocycles. The molecule has 0 saturated carbocycles. The second kappa shape index (κ2) is 7.44. The van der Waals surface area contributed by atoms with Gasteiger partial charge in [0.2, 0.25) is 5.95 Å². The number of fused-ring (bicyclic) bond motifs is 1. The molecule has 1 saturated heterocycles. The fourth-order valence-electron chi connectivity index (χ4n) is 3.06. The molecule has 1 fully saturated rings. The number of halogens is 2. The molecular formula is C19H15ClFN3O3S. The summed E-state index contributed by atoms with van der Waals surface area (Å²) in [6.07, 6.45) is 0. The van der Waals surface area contributed by atoms with Gasteiger partial charge in [-0.2, -0.15) is 0 Å². The van der Waals surface area contributed by atoms with Crippen molar-refractivity contribution in [1.82, 2.24) is 9.55 Å². The Morgan fingerprint density at radius 3 is 2.79 bits per heavy atom. The Morgan fingerprint density at radius 2 is 2.11 bits per heavy atom. The first-order valence-electron chi connectivity index (χ1n) is 8.43. The Balaban J connectivity index is 2.00. The van der Waals surface area contributed by atoms with Gasteiger partial charge in [-0.15, -0.1) is 11.8 Å². The first-order chi connectivity index (χ1) is 13.5. The number of aromatic nitrogens is 2. The summed E-state index contributed by atoms with van der Waals surface area (Å²) in [5.41, 5.74) is 0.807. The number of ether oxygens (including phenoxy) is 1. The van der Waals surface area contributed by atoms with Gasteiger partial charge in [0.05, 0.1) is 40.2 Å². The molecule has 1 aromatic heterocycles. The SMILES string of the molecule is COC(=O)c1ccc2c(=O)n(-c3ccc(F)c(Cl)c3)c(N3CCSC3)nc2c1. The monoisotopic (exact) mass is 419 g/mol. The van der Waals surface area contributed by atoms with Gasteiger partial charge < -0.3 is 9.64 Å². The number of nitrogens with zero attached hydrogens (tertiary/aromatic N) is 3. The van der Waals surface area contributed by atoms with Crippen molar-refractivity contribution in [2.45, 2.75) is 0 Å². The van der Waals surface area contributed by atoms with Gasteiger partial charge in [-0.25, -0.2) is 18.7 Å². The molecule has 1 aliphatic rings. The van der Waals surface area contributed by atoms with Crippen molar-refractivity contribution in [3.8, 4) is 5.69 Å². The Labute approximate surface area is 168 Å². The molecule has 28 heavy (non-hydrogen) atoms. The molecule has 0 radical (unpaired) electrons. The van der Waals surface area contributed by atoms with Crippen molar-refractivity contribution >= 4 is 46.2 Å². The van der Waals surface area contributed by atoms with Gasteiger partial charge in [-0.3, -0.25) is 4.79 Å². The third kappa shape index (κ3) is 3.22. The topological polar surface area (TPSA) is 64.4 Å². The zero-order chi connectivity index (χ0) is 19.8. The molecule has 9 heteroatoms. The molecule has 0 bridgehead atoms. The maximum absolute atomic E-state index is 13.6. The van der Waals surface area contributed by atoms with Crippen LogP contribution in [0.2, 0.25) is 5.02 Å². The lowest BCUT2D eigenvalue weighted by Gasteiger charge is -2.21. The molecular weight excluding hydrogens is 405 g/mol. The molecule has 4 rings (SSSR count). The van der Waals surface area contributed by atoms with Crippen molar-refractivity contribution in [3.05, 3.63) is 63.2 Å². The van der Waals surface area contributed by atoms with E-state index in [1.807, 2.05) is 4.90 Å². The average Bonchev–Trinajstić information content (AvgIpc) is 3.24. The van der Waals surface area contributed by atoms with Crippen LogP contribution in [-0.4, -0.2) is 40.8 Å². The minimum Gasteiger partial charge on any atom is -0.465 e. The predicted molar refractivity (Wildman–Crippen MR) is 108 cm³/mol. The Kier molecular flexibility index (Phi) is 4.99. The van der Waals surface area contributed by atoms with Crippen molar-refractivity contribution in [2.75, 3.05) is 30.2 Å². The number of benzene rings is 2. The fraction of sp³-hybridized carbons (Fsp3) is 0.211. The number of thioether (sulfide) groups is 1. The van der Waals surface area contributed by atoms with Crippen LogP contribution in [0.4, 0.5) is 10.3 Å². The quantitative estimate of drug-likeness (QED) is 0.606. The smallest absolute Gasteiger partial charge is 0.337 e. The molecule has 6 nitrogen and oxygen atoms in total. The number of hydrogen-bond donors (Lipinski definition) is 0. The summed E-state index contributed by atoms with van der Waals surface area (Å²) in [7, 11) is 1.29. The van der Waals surface area contributed by atoms with Crippen LogP contribution in [0.1, 0.15) is 10.4 Å². The summed E-state index contributed by atoms with van der Waals surface area (Å²) < 4.78 is 19.8. The zero-order valence-corrected chi connectivity index (χ0v) is 16.4. The van der Waals surface area contributed by atoms with Crippen LogP contribution in [-0.2, 0) is 4.74 Å². The van der Waals surface area contributed by atoms with E-state index in [4.69, 9.17) is 16.3 Å².